The van der Waals surface area contributed by atoms with Crippen LogP contribution in [0.25, 0.3) is 22.7 Å². The predicted molar refractivity (Wildman–Crippen MR) is 124 cm³/mol. The van der Waals surface area contributed by atoms with Crippen LogP contribution in [0, 0.1) is 0 Å². The molecule has 2 aliphatic rings. The fraction of sp³-hybridized carbons (Fsp3) is 0.360. The maximum absolute atomic E-state index is 13.4. The number of carbonyl (C=O) groups is 1. The number of hydrogen-bond donors (Lipinski definition) is 1. The number of anilines is 1. The van der Waals surface area contributed by atoms with Crippen LogP contribution in [0.15, 0.2) is 48.5 Å². The van der Waals surface area contributed by atoms with E-state index in [4.69, 9.17) is 9.72 Å². The Morgan fingerprint density at radius 1 is 0.935 bits per heavy atom. The zero-order valence-corrected chi connectivity index (χ0v) is 17.7. The highest BCUT2D eigenvalue weighted by Crippen LogP contribution is 2.25. The number of aromatic amines is 1. The van der Waals surface area contributed by atoms with Crippen LogP contribution in [0.3, 0.4) is 0 Å². The van der Waals surface area contributed by atoms with E-state index in [1.165, 1.54) is 24.9 Å². The molecule has 1 amide bonds. The smallest absolute Gasteiger partial charge is 0.257 e. The number of ether oxygens (including phenoxy) is 1. The summed E-state index contributed by atoms with van der Waals surface area (Å²) in [5, 5.41) is 0. The highest BCUT2D eigenvalue weighted by molar-refractivity contribution is 6.23. The summed E-state index contributed by atoms with van der Waals surface area (Å²) in [7, 11) is 0. The molecule has 160 valence electrons. The number of piperidine rings is 1. The zero-order valence-electron chi connectivity index (χ0n) is 17.7. The third-order valence-corrected chi connectivity index (χ3v) is 6.10. The van der Waals surface area contributed by atoms with E-state index in [1.807, 2.05) is 35.2 Å². The van der Waals surface area contributed by atoms with Crippen molar-refractivity contribution in [2.45, 2.75) is 19.3 Å². The molecule has 2 saturated heterocycles. The number of H-pyrrole nitrogens is 1. The van der Waals surface area contributed by atoms with E-state index in [9.17, 15) is 4.79 Å². The Kier molecular flexibility index (Phi) is 5.71. The number of benzene rings is 2. The lowest BCUT2D eigenvalue weighted by atomic mass is 10.1. The lowest BCUT2D eigenvalue weighted by Crippen LogP contribution is -2.41. The second-order valence-corrected chi connectivity index (χ2v) is 8.20. The molecule has 5 rings (SSSR count). The first kappa shape index (κ1) is 19.8. The molecule has 2 aromatic carbocycles. The van der Waals surface area contributed by atoms with E-state index in [-0.39, 0.29) is 5.91 Å². The van der Waals surface area contributed by atoms with Crippen LogP contribution in [0.2, 0.25) is 0 Å². The summed E-state index contributed by atoms with van der Waals surface area (Å²) in [5.74, 6) is 0.597. The second-order valence-electron chi connectivity index (χ2n) is 8.20. The van der Waals surface area contributed by atoms with Crippen LogP contribution < -0.4 is 4.90 Å². The minimum absolute atomic E-state index is 0.0116. The normalized spacial score (nSPS) is 17.9. The molecule has 1 N–H and O–H groups in total. The molecule has 2 fully saturated rings. The van der Waals surface area contributed by atoms with Crippen molar-refractivity contribution < 1.29 is 9.53 Å². The number of aromatic nitrogens is 2. The standard InChI is InChI=1S/C25H28N4O2/c30-25(29-14-16-31-17-15-29)21(24-26-22-6-2-3-7-23(22)27-24)18-19-8-10-20(11-9-19)28-12-4-1-5-13-28/h2-3,6-11,18H,1,4-5,12-17H2,(H,26,27). The topological polar surface area (TPSA) is 61.5 Å². The molecule has 6 nitrogen and oxygen atoms in total. The largest absolute Gasteiger partial charge is 0.378 e. The van der Waals surface area contributed by atoms with Gasteiger partial charge in [-0.25, -0.2) is 4.98 Å². The van der Waals surface area contributed by atoms with Gasteiger partial charge < -0.3 is 19.5 Å². The summed E-state index contributed by atoms with van der Waals surface area (Å²) in [4.78, 5) is 25.8. The van der Waals surface area contributed by atoms with Gasteiger partial charge in [-0.15, -0.1) is 0 Å². The second kappa shape index (κ2) is 8.94. The number of para-hydroxylation sites is 2. The van der Waals surface area contributed by atoms with Gasteiger partial charge in [0.2, 0.25) is 0 Å². The summed E-state index contributed by atoms with van der Waals surface area (Å²) in [6.45, 7) is 4.59. The maximum atomic E-state index is 13.4. The number of carbonyl (C=O) groups excluding carboxylic acids is 1. The Labute approximate surface area is 182 Å². The molecule has 0 aliphatic carbocycles. The molecule has 0 bridgehead atoms. The van der Waals surface area contributed by atoms with Crippen molar-refractivity contribution in [3.63, 3.8) is 0 Å². The molecule has 0 radical (unpaired) electrons. The van der Waals surface area contributed by atoms with Crippen molar-refractivity contribution in [2.75, 3.05) is 44.3 Å². The fourth-order valence-electron chi connectivity index (χ4n) is 4.35. The van der Waals surface area contributed by atoms with Crippen molar-refractivity contribution in [1.29, 1.82) is 0 Å². The molecule has 0 unspecified atom stereocenters. The van der Waals surface area contributed by atoms with Gasteiger partial charge in [-0.05, 0) is 55.2 Å². The van der Waals surface area contributed by atoms with E-state index in [0.717, 1.165) is 29.7 Å². The van der Waals surface area contributed by atoms with Crippen molar-refractivity contribution in [1.82, 2.24) is 14.9 Å². The summed E-state index contributed by atoms with van der Waals surface area (Å²) in [6, 6.07) is 16.4. The number of rotatable bonds is 4. The first-order chi connectivity index (χ1) is 15.3. The van der Waals surface area contributed by atoms with Crippen molar-refractivity contribution in [2.24, 2.45) is 0 Å². The Balaban J connectivity index is 1.48. The Bertz CT molecular complexity index is 1040. The van der Waals surface area contributed by atoms with E-state index < -0.39 is 0 Å². The van der Waals surface area contributed by atoms with Gasteiger partial charge in [0, 0.05) is 31.9 Å². The molecule has 3 heterocycles. The van der Waals surface area contributed by atoms with Gasteiger partial charge in [0.1, 0.15) is 5.82 Å². The summed E-state index contributed by atoms with van der Waals surface area (Å²) in [6.07, 6.45) is 5.79. The molecule has 0 atom stereocenters. The zero-order chi connectivity index (χ0) is 21.0. The van der Waals surface area contributed by atoms with Crippen LogP contribution >= 0.6 is 0 Å². The van der Waals surface area contributed by atoms with Crippen LogP contribution in [-0.2, 0) is 9.53 Å². The molecule has 2 aliphatic heterocycles. The molecule has 0 saturated carbocycles. The van der Waals surface area contributed by atoms with Gasteiger partial charge in [0.05, 0.1) is 29.8 Å². The van der Waals surface area contributed by atoms with E-state index >= 15 is 0 Å². The number of fused-ring (bicyclic) bond motifs is 1. The van der Waals surface area contributed by atoms with Gasteiger partial charge in [0.15, 0.2) is 0 Å². The summed E-state index contributed by atoms with van der Waals surface area (Å²) >= 11 is 0. The monoisotopic (exact) mass is 416 g/mol. The van der Waals surface area contributed by atoms with Crippen molar-refractivity contribution in [3.05, 3.63) is 59.9 Å². The van der Waals surface area contributed by atoms with Gasteiger partial charge in [-0.1, -0.05) is 24.3 Å². The first-order valence-corrected chi connectivity index (χ1v) is 11.2. The lowest BCUT2D eigenvalue weighted by molar-refractivity contribution is -0.128. The molecule has 6 heteroatoms. The summed E-state index contributed by atoms with van der Waals surface area (Å²) in [5.41, 5.74) is 4.63. The third kappa shape index (κ3) is 4.35. The average molecular weight is 417 g/mol. The first-order valence-electron chi connectivity index (χ1n) is 11.2. The minimum atomic E-state index is -0.0116. The van der Waals surface area contributed by atoms with Crippen LogP contribution in [0.5, 0.6) is 0 Å². The van der Waals surface area contributed by atoms with Gasteiger partial charge >= 0.3 is 0 Å². The quantitative estimate of drug-likeness (QED) is 0.654. The Morgan fingerprint density at radius 3 is 2.42 bits per heavy atom. The highest BCUT2D eigenvalue weighted by atomic mass is 16.5. The van der Waals surface area contributed by atoms with E-state index in [1.54, 1.807) is 0 Å². The predicted octanol–water partition coefficient (Wildman–Crippen LogP) is 3.95. The average Bonchev–Trinajstić information content (AvgIpc) is 3.28. The number of imidazole rings is 1. The summed E-state index contributed by atoms with van der Waals surface area (Å²) < 4.78 is 5.43. The molecule has 0 spiro atoms. The number of nitrogens with zero attached hydrogens (tertiary/aromatic N) is 3. The fourth-order valence-corrected chi connectivity index (χ4v) is 4.35. The highest BCUT2D eigenvalue weighted by Gasteiger charge is 2.24. The van der Waals surface area contributed by atoms with Crippen LogP contribution in [0.1, 0.15) is 30.7 Å². The molecule has 1 aromatic heterocycles. The van der Waals surface area contributed by atoms with Gasteiger partial charge in [-0.3, -0.25) is 4.79 Å². The van der Waals surface area contributed by atoms with Crippen LogP contribution in [-0.4, -0.2) is 60.2 Å². The third-order valence-electron chi connectivity index (χ3n) is 6.10. The Morgan fingerprint density at radius 2 is 1.68 bits per heavy atom. The maximum Gasteiger partial charge on any atom is 0.257 e. The molecule has 31 heavy (non-hydrogen) atoms. The SMILES string of the molecule is O=C(C(=Cc1ccc(N2CCCCC2)cc1)c1nc2ccccc2[nH]1)N1CCOCC1. The van der Waals surface area contributed by atoms with E-state index in [2.05, 4.69) is 34.1 Å². The minimum Gasteiger partial charge on any atom is -0.378 e. The molecular weight excluding hydrogens is 388 g/mol. The number of nitrogens with one attached hydrogen (secondary N) is 1. The van der Waals surface area contributed by atoms with Crippen molar-refractivity contribution in [3.8, 4) is 0 Å². The van der Waals surface area contributed by atoms with Crippen LogP contribution in [0.4, 0.5) is 5.69 Å². The van der Waals surface area contributed by atoms with Crippen molar-refractivity contribution >= 4 is 34.3 Å². The van der Waals surface area contributed by atoms with E-state index in [0.29, 0.717) is 37.7 Å². The van der Waals surface area contributed by atoms with Gasteiger partial charge in [0.25, 0.3) is 5.91 Å². The Hall–Kier alpha value is -3.12. The molecule has 3 aromatic rings. The number of hydrogen-bond acceptors (Lipinski definition) is 4. The van der Waals surface area contributed by atoms with Gasteiger partial charge in [-0.2, -0.15) is 0 Å². The molecular formula is C25H28N4O2. The lowest BCUT2D eigenvalue weighted by Gasteiger charge is -2.29. The number of morpholine rings is 1. The number of amides is 1.